The Balaban J connectivity index is 1.85. The summed E-state index contributed by atoms with van der Waals surface area (Å²) in [6.45, 7) is 0. The van der Waals surface area contributed by atoms with Crippen LogP contribution in [0, 0.1) is 0 Å². The van der Waals surface area contributed by atoms with Crippen LogP contribution in [0.5, 0.6) is 0 Å². The van der Waals surface area contributed by atoms with E-state index in [0.717, 1.165) is 5.56 Å². The molecule has 0 unspecified atom stereocenters. The van der Waals surface area contributed by atoms with Gasteiger partial charge in [0.2, 0.25) is 0 Å². The molecule has 2 aromatic heterocycles. The van der Waals surface area contributed by atoms with Crippen molar-refractivity contribution in [1.29, 1.82) is 0 Å². The van der Waals surface area contributed by atoms with E-state index in [-0.39, 0.29) is 0 Å². The van der Waals surface area contributed by atoms with Crippen molar-refractivity contribution in [2.45, 2.75) is 0 Å². The molecule has 2 N–H and O–H groups in total. The lowest BCUT2D eigenvalue weighted by atomic mass is 10.2. The van der Waals surface area contributed by atoms with Gasteiger partial charge in [-0.25, -0.2) is 15.0 Å². The summed E-state index contributed by atoms with van der Waals surface area (Å²) in [7, 11) is 0. The Morgan fingerprint density at radius 2 is 1.50 bits per heavy atom. The SMILES string of the molecule is c1ccc(/C(=N/c2ccccn2)NNc2ccccn2)cc1. The lowest BCUT2D eigenvalue weighted by Gasteiger charge is -2.11. The molecule has 0 aliphatic carbocycles. The molecule has 3 aromatic rings. The Morgan fingerprint density at radius 3 is 2.18 bits per heavy atom. The number of hydrogen-bond donors (Lipinski definition) is 2. The van der Waals surface area contributed by atoms with Crippen LogP contribution in [0.3, 0.4) is 0 Å². The van der Waals surface area contributed by atoms with Crippen LogP contribution in [-0.4, -0.2) is 15.8 Å². The summed E-state index contributed by atoms with van der Waals surface area (Å²) >= 11 is 0. The maximum atomic E-state index is 4.55. The third-order valence-electron chi connectivity index (χ3n) is 2.90. The normalized spacial score (nSPS) is 11.0. The van der Waals surface area contributed by atoms with Crippen molar-refractivity contribution in [1.82, 2.24) is 15.4 Å². The number of pyridine rings is 2. The largest absolute Gasteiger partial charge is 0.283 e. The highest BCUT2D eigenvalue weighted by Gasteiger charge is 2.03. The van der Waals surface area contributed by atoms with Crippen LogP contribution in [0.25, 0.3) is 0 Å². The number of benzene rings is 1. The molecule has 0 saturated heterocycles. The van der Waals surface area contributed by atoms with Gasteiger partial charge in [0, 0.05) is 18.0 Å². The highest BCUT2D eigenvalue weighted by Crippen LogP contribution is 2.09. The molecule has 3 rings (SSSR count). The molecule has 1 aromatic carbocycles. The fourth-order valence-electron chi connectivity index (χ4n) is 1.86. The standard InChI is InChI=1S/C17H15N5/c1-2-8-14(9-3-1)17(20-15-10-4-6-12-18-15)22-21-16-11-5-7-13-19-16/h1-13H,(H,19,21)(H,18,20,22). The summed E-state index contributed by atoms with van der Waals surface area (Å²) in [5.41, 5.74) is 7.10. The summed E-state index contributed by atoms with van der Waals surface area (Å²) in [6, 6.07) is 21.1. The summed E-state index contributed by atoms with van der Waals surface area (Å²) in [4.78, 5) is 13.0. The predicted molar refractivity (Wildman–Crippen MR) is 87.9 cm³/mol. The molecule has 108 valence electrons. The zero-order valence-corrected chi connectivity index (χ0v) is 11.8. The van der Waals surface area contributed by atoms with Crippen LogP contribution in [-0.2, 0) is 0 Å². The number of nitrogens with one attached hydrogen (secondary N) is 2. The first-order valence-corrected chi connectivity index (χ1v) is 6.90. The second-order valence-corrected chi connectivity index (χ2v) is 4.48. The van der Waals surface area contributed by atoms with Gasteiger partial charge in [-0.2, -0.15) is 0 Å². The number of hydrogen-bond acceptors (Lipinski definition) is 4. The zero-order chi connectivity index (χ0) is 15.0. The van der Waals surface area contributed by atoms with Gasteiger partial charge in [0.1, 0.15) is 5.82 Å². The van der Waals surface area contributed by atoms with Crippen LogP contribution >= 0.6 is 0 Å². The third-order valence-corrected chi connectivity index (χ3v) is 2.90. The Kier molecular flexibility index (Phi) is 4.37. The van der Waals surface area contributed by atoms with Crippen molar-refractivity contribution in [3.63, 3.8) is 0 Å². The van der Waals surface area contributed by atoms with Gasteiger partial charge in [-0.15, -0.1) is 0 Å². The molecular formula is C17H15N5. The van der Waals surface area contributed by atoms with E-state index in [9.17, 15) is 0 Å². The molecule has 22 heavy (non-hydrogen) atoms. The maximum absolute atomic E-state index is 4.55. The molecule has 0 atom stereocenters. The van der Waals surface area contributed by atoms with E-state index in [4.69, 9.17) is 0 Å². The van der Waals surface area contributed by atoms with Crippen molar-refractivity contribution in [3.05, 3.63) is 84.7 Å². The number of nitrogens with zero attached hydrogens (tertiary/aromatic N) is 3. The topological polar surface area (TPSA) is 62.2 Å². The average molecular weight is 289 g/mol. The fraction of sp³-hybridized carbons (Fsp3) is 0. The van der Waals surface area contributed by atoms with Crippen LogP contribution in [0.2, 0.25) is 0 Å². The van der Waals surface area contributed by atoms with Gasteiger partial charge >= 0.3 is 0 Å². The van der Waals surface area contributed by atoms with Gasteiger partial charge in [-0.1, -0.05) is 42.5 Å². The number of hydrazine groups is 1. The zero-order valence-electron chi connectivity index (χ0n) is 11.8. The molecule has 0 fully saturated rings. The highest BCUT2D eigenvalue weighted by atomic mass is 15.4. The maximum Gasteiger partial charge on any atom is 0.154 e. The number of amidine groups is 1. The van der Waals surface area contributed by atoms with Crippen LogP contribution in [0.4, 0.5) is 11.6 Å². The quantitative estimate of drug-likeness (QED) is 0.440. The monoisotopic (exact) mass is 289 g/mol. The van der Waals surface area contributed by atoms with Crippen molar-refractivity contribution in [3.8, 4) is 0 Å². The molecule has 0 saturated carbocycles. The van der Waals surface area contributed by atoms with Gasteiger partial charge in [0.25, 0.3) is 0 Å². The smallest absolute Gasteiger partial charge is 0.154 e. The van der Waals surface area contributed by atoms with E-state index in [0.29, 0.717) is 17.5 Å². The predicted octanol–water partition coefficient (Wildman–Crippen LogP) is 3.17. The molecule has 0 aliphatic heterocycles. The Labute approximate surface area is 128 Å². The summed E-state index contributed by atoms with van der Waals surface area (Å²) in [5, 5.41) is 0. The van der Waals surface area contributed by atoms with Crippen molar-refractivity contribution in [2.24, 2.45) is 4.99 Å². The first-order valence-electron chi connectivity index (χ1n) is 6.90. The van der Waals surface area contributed by atoms with Gasteiger partial charge in [0.15, 0.2) is 11.7 Å². The molecule has 5 heteroatoms. The average Bonchev–Trinajstić information content (AvgIpc) is 2.61. The van der Waals surface area contributed by atoms with Crippen LogP contribution in [0.15, 0.2) is 84.1 Å². The Bertz CT molecular complexity index is 727. The second kappa shape index (κ2) is 6.99. The molecular weight excluding hydrogens is 274 g/mol. The molecule has 2 heterocycles. The van der Waals surface area contributed by atoms with E-state index >= 15 is 0 Å². The molecule has 0 spiro atoms. The number of anilines is 1. The highest BCUT2D eigenvalue weighted by molar-refractivity contribution is 6.00. The first kappa shape index (κ1) is 13.8. The minimum Gasteiger partial charge on any atom is -0.283 e. The molecule has 0 radical (unpaired) electrons. The van der Waals surface area contributed by atoms with Gasteiger partial charge in [0.05, 0.1) is 0 Å². The Hall–Kier alpha value is -3.21. The number of aliphatic imine (C=N–C) groups is 1. The minimum absolute atomic E-state index is 0.636. The molecule has 0 bridgehead atoms. The molecule has 5 nitrogen and oxygen atoms in total. The van der Waals surface area contributed by atoms with E-state index in [2.05, 4.69) is 25.8 Å². The Morgan fingerprint density at radius 1 is 0.773 bits per heavy atom. The fourth-order valence-corrected chi connectivity index (χ4v) is 1.86. The lowest BCUT2D eigenvalue weighted by Crippen LogP contribution is -2.30. The first-order chi connectivity index (χ1) is 10.9. The van der Waals surface area contributed by atoms with Crippen LogP contribution < -0.4 is 10.9 Å². The van der Waals surface area contributed by atoms with Crippen molar-refractivity contribution < 1.29 is 0 Å². The lowest BCUT2D eigenvalue weighted by molar-refractivity contribution is 1.07. The van der Waals surface area contributed by atoms with E-state index in [1.165, 1.54) is 0 Å². The van der Waals surface area contributed by atoms with Crippen molar-refractivity contribution >= 4 is 17.5 Å². The second-order valence-electron chi connectivity index (χ2n) is 4.48. The van der Waals surface area contributed by atoms with Crippen molar-refractivity contribution in [2.75, 3.05) is 5.43 Å². The minimum atomic E-state index is 0.636. The summed E-state index contributed by atoms with van der Waals surface area (Å²) in [5.74, 6) is 2.02. The van der Waals surface area contributed by atoms with Gasteiger partial charge in [-0.3, -0.25) is 10.9 Å². The summed E-state index contributed by atoms with van der Waals surface area (Å²) < 4.78 is 0. The van der Waals surface area contributed by atoms with E-state index in [1.54, 1.807) is 12.4 Å². The van der Waals surface area contributed by atoms with E-state index in [1.807, 2.05) is 66.7 Å². The van der Waals surface area contributed by atoms with Gasteiger partial charge < -0.3 is 0 Å². The number of aromatic nitrogens is 2. The van der Waals surface area contributed by atoms with E-state index < -0.39 is 0 Å². The van der Waals surface area contributed by atoms with Crippen LogP contribution in [0.1, 0.15) is 5.56 Å². The molecule has 0 aliphatic rings. The number of rotatable bonds is 4. The third kappa shape index (κ3) is 3.67. The van der Waals surface area contributed by atoms with Gasteiger partial charge in [-0.05, 0) is 24.3 Å². The summed E-state index contributed by atoms with van der Waals surface area (Å²) in [6.07, 6.45) is 3.44. The molecule has 0 amide bonds.